The van der Waals surface area contributed by atoms with E-state index in [2.05, 4.69) is 10.6 Å². The molecule has 0 atom stereocenters. The van der Waals surface area contributed by atoms with Crippen molar-refractivity contribution in [1.29, 1.82) is 0 Å². The fourth-order valence-corrected chi connectivity index (χ4v) is 0.431. The number of hydrazine groups is 3. The van der Waals surface area contributed by atoms with E-state index in [9.17, 15) is 0 Å². The van der Waals surface area contributed by atoms with E-state index in [0.717, 1.165) is 0 Å². The van der Waals surface area contributed by atoms with E-state index < -0.39 is 0 Å². The van der Waals surface area contributed by atoms with E-state index in [-0.39, 0.29) is 0 Å². The van der Waals surface area contributed by atoms with Crippen LogP contribution in [0.4, 0.5) is 0 Å². The molecule has 0 aliphatic carbocycles. The van der Waals surface area contributed by atoms with Crippen LogP contribution in [0.15, 0.2) is 5.10 Å². The van der Waals surface area contributed by atoms with Crippen LogP contribution in [0, 0.1) is 0 Å². The molecular formula is C2H8N6. The van der Waals surface area contributed by atoms with Crippen molar-refractivity contribution in [3.63, 3.8) is 0 Å². The third-order valence-corrected chi connectivity index (χ3v) is 0.786. The fourth-order valence-electron chi connectivity index (χ4n) is 0.431. The van der Waals surface area contributed by atoms with E-state index in [1.165, 1.54) is 16.5 Å². The molecule has 1 rings (SSSR count). The molecule has 46 valence electrons. The van der Waals surface area contributed by atoms with Gasteiger partial charge in [-0.3, -0.25) is 10.9 Å². The lowest BCUT2D eigenvalue weighted by atomic mass is 11.0. The molecule has 0 bridgehead atoms. The lowest BCUT2D eigenvalue weighted by molar-refractivity contribution is 0.166. The second-order valence-electron chi connectivity index (χ2n) is 1.42. The molecule has 1 aliphatic heterocycles. The first kappa shape index (κ1) is 5.29. The van der Waals surface area contributed by atoms with Gasteiger partial charge < -0.3 is 0 Å². The molecule has 0 fully saturated rings. The molecule has 6 heteroatoms. The number of nitrogens with one attached hydrogen (secondary N) is 1. The lowest BCUT2D eigenvalue weighted by Crippen LogP contribution is -2.42. The maximum atomic E-state index is 5.25. The van der Waals surface area contributed by atoms with Gasteiger partial charge in [-0.1, -0.05) is 0 Å². The lowest BCUT2D eigenvalue weighted by Gasteiger charge is -2.11. The van der Waals surface area contributed by atoms with Gasteiger partial charge in [-0.2, -0.15) is 10.7 Å². The van der Waals surface area contributed by atoms with Crippen molar-refractivity contribution in [2.75, 3.05) is 6.67 Å². The zero-order valence-electron chi connectivity index (χ0n) is 4.28. The Balaban J connectivity index is 2.34. The van der Waals surface area contributed by atoms with Crippen LogP contribution < -0.4 is 17.2 Å². The van der Waals surface area contributed by atoms with Gasteiger partial charge in [0.15, 0.2) is 0 Å². The van der Waals surface area contributed by atoms with Gasteiger partial charge >= 0.3 is 0 Å². The van der Waals surface area contributed by atoms with Crippen molar-refractivity contribution in [2.45, 2.75) is 0 Å². The number of hydrazone groups is 1. The fraction of sp³-hybridized carbons (Fsp3) is 0.500. The van der Waals surface area contributed by atoms with Crippen molar-refractivity contribution < 1.29 is 0 Å². The third kappa shape index (κ3) is 0.861. The summed E-state index contributed by atoms with van der Waals surface area (Å²) in [7, 11) is 0. The third-order valence-electron chi connectivity index (χ3n) is 0.786. The summed E-state index contributed by atoms with van der Waals surface area (Å²) in [6.45, 7) is 0.483. The minimum Gasteiger partial charge on any atom is -0.276 e. The Morgan fingerprint density at radius 1 is 1.75 bits per heavy atom. The summed E-state index contributed by atoms with van der Waals surface area (Å²) >= 11 is 0. The molecule has 0 saturated heterocycles. The maximum Gasteiger partial charge on any atom is 0.141 e. The molecule has 1 aliphatic rings. The first-order chi connectivity index (χ1) is 3.83. The van der Waals surface area contributed by atoms with Gasteiger partial charge in [-0.15, -0.1) is 5.10 Å². The Kier molecular flexibility index (Phi) is 1.29. The molecule has 0 saturated carbocycles. The second-order valence-corrected chi connectivity index (χ2v) is 1.42. The van der Waals surface area contributed by atoms with Crippen molar-refractivity contribution in [1.82, 2.24) is 15.7 Å². The van der Waals surface area contributed by atoms with Crippen LogP contribution in [-0.4, -0.2) is 23.1 Å². The van der Waals surface area contributed by atoms with Crippen molar-refractivity contribution in [2.24, 2.45) is 16.8 Å². The Bertz CT molecular complexity index is 98.7. The highest BCUT2D eigenvalue weighted by atomic mass is 15.8. The van der Waals surface area contributed by atoms with Crippen molar-refractivity contribution in [3.8, 4) is 0 Å². The van der Waals surface area contributed by atoms with Gasteiger partial charge in [0.05, 0.1) is 0 Å². The number of hydrogen-bond acceptors (Lipinski definition) is 6. The van der Waals surface area contributed by atoms with Gasteiger partial charge in [0.1, 0.15) is 13.0 Å². The molecule has 0 aromatic carbocycles. The van der Waals surface area contributed by atoms with Crippen LogP contribution in [-0.2, 0) is 0 Å². The second kappa shape index (κ2) is 1.95. The summed E-state index contributed by atoms with van der Waals surface area (Å²) in [5.74, 6) is 10.2. The maximum absolute atomic E-state index is 5.25. The SMILES string of the molecule is NNN1CN(N)C=N1. The number of nitrogens with zero attached hydrogens (tertiary/aromatic N) is 3. The highest BCUT2D eigenvalue weighted by molar-refractivity contribution is 5.54. The van der Waals surface area contributed by atoms with Gasteiger partial charge in [-0.25, -0.2) is 5.84 Å². The Hall–Kier alpha value is -0.850. The molecule has 0 amide bonds. The van der Waals surface area contributed by atoms with Crippen LogP contribution in [0.25, 0.3) is 0 Å². The summed E-state index contributed by atoms with van der Waals surface area (Å²) in [5.41, 5.74) is 2.31. The monoisotopic (exact) mass is 116 g/mol. The molecule has 5 N–H and O–H groups in total. The van der Waals surface area contributed by atoms with E-state index >= 15 is 0 Å². The van der Waals surface area contributed by atoms with E-state index in [1.807, 2.05) is 0 Å². The van der Waals surface area contributed by atoms with Crippen LogP contribution in [0.2, 0.25) is 0 Å². The summed E-state index contributed by atoms with van der Waals surface area (Å²) < 4.78 is 0. The summed E-state index contributed by atoms with van der Waals surface area (Å²) in [5, 5.41) is 6.51. The van der Waals surface area contributed by atoms with E-state index in [1.54, 1.807) is 0 Å². The standard InChI is InChI=1S/C2H8N6/c3-6-8-2-7(4)1-5-8/h1,6H,2-4H2. The average Bonchev–Trinajstić information content (AvgIpc) is 2.14. The van der Waals surface area contributed by atoms with Crippen LogP contribution >= 0.6 is 0 Å². The van der Waals surface area contributed by atoms with Gasteiger partial charge in [-0.05, 0) is 0 Å². The van der Waals surface area contributed by atoms with E-state index in [0.29, 0.717) is 6.67 Å². The predicted octanol–water partition coefficient (Wildman–Crippen LogP) is -2.24. The minimum atomic E-state index is 0.483. The van der Waals surface area contributed by atoms with Gasteiger partial charge in [0.25, 0.3) is 0 Å². The summed E-state index contributed by atoms with van der Waals surface area (Å²) in [4.78, 5) is 0. The zero-order valence-corrected chi connectivity index (χ0v) is 4.28. The Morgan fingerprint density at radius 2 is 2.50 bits per heavy atom. The van der Waals surface area contributed by atoms with Crippen molar-refractivity contribution >= 4 is 6.34 Å². The van der Waals surface area contributed by atoms with E-state index in [4.69, 9.17) is 11.7 Å². The smallest absolute Gasteiger partial charge is 0.141 e. The molecule has 0 spiro atoms. The Labute approximate surface area is 46.6 Å². The van der Waals surface area contributed by atoms with Gasteiger partial charge in [0, 0.05) is 0 Å². The van der Waals surface area contributed by atoms with Crippen molar-refractivity contribution in [3.05, 3.63) is 0 Å². The molecule has 8 heavy (non-hydrogen) atoms. The van der Waals surface area contributed by atoms with Crippen LogP contribution in [0.1, 0.15) is 0 Å². The average molecular weight is 116 g/mol. The first-order valence-electron chi connectivity index (χ1n) is 2.12. The molecular weight excluding hydrogens is 108 g/mol. The molecule has 0 radical (unpaired) electrons. The topological polar surface area (TPSA) is 82.9 Å². The number of nitrogens with two attached hydrogens (primary N) is 2. The minimum absolute atomic E-state index is 0.483. The molecule has 0 unspecified atom stereocenters. The normalized spacial score (nSPS) is 18.2. The highest BCUT2D eigenvalue weighted by Crippen LogP contribution is 1.88. The zero-order chi connectivity index (χ0) is 5.98. The largest absolute Gasteiger partial charge is 0.276 e. The quantitative estimate of drug-likeness (QED) is 0.266. The molecule has 0 aromatic heterocycles. The molecule has 1 heterocycles. The summed E-state index contributed by atoms with van der Waals surface area (Å²) in [6.07, 6.45) is 1.47. The highest BCUT2D eigenvalue weighted by Gasteiger charge is 2.06. The van der Waals surface area contributed by atoms with Crippen LogP contribution in [0.5, 0.6) is 0 Å². The Morgan fingerprint density at radius 3 is 2.75 bits per heavy atom. The molecule has 6 nitrogen and oxygen atoms in total. The van der Waals surface area contributed by atoms with Gasteiger partial charge in [0.2, 0.25) is 0 Å². The predicted molar refractivity (Wildman–Crippen MR) is 28.5 cm³/mol. The first-order valence-corrected chi connectivity index (χ1v) is 2.12. The number of rotatable bonds is 1. The molecule has 0 aromatic rings. The number of hydrogen-bond donors (Lipinski definition) is 3. The van der Waals surface area contributed by atoms with Crippen LogP contribution in [0.3, 0.4) is 0 Å². The summed E-state index contributed by atoms with van der Waals surface area (Å²) in [6, 6.07) is 0.